The minimum atomic E-state index is -1.43. The van der Waals surface area contributed by atoms with Gasteiger partial charge in [-0.2, -0.15) is 15.4 Å². The summed E-state index contributed by atoms with van der Waals surface area (Å²) in [4.78, 5) is 17.3. The zero-order valence-corrected chi connectivity index (χ0v) is 18.5. The summed E-state index contributed by atoms with van der Waals surface area (Å²) in [5.41, 5.74) is 0.234. The second-order valence-electron chi connectivity index (χ2n) is 7.87. The number of pyridine rings is 1. The lowest BCUT2D eigenvalue weighted by Gasteiger charge is -2.17. The van der Waals surface area contributed by atoms with Gasteiger partial charge in [-0.15, -0.1) is 0 Å². The van der Waals surface area contributed by atoms with Gasteiger partial charge in [-0.25, -0.2) is 18.0 Å². The smallest absolute Gasteiger partial charge is 0.414 e. The van der Waals surface area contributed by atoms with E-state index in [1.807, 2.05) is 0 Å². The Morgan fingerprint density at radius 2 is 1.97 bits per heavy atom. The number of nitrogens with zero attached hydrogens (tertiary/aromatic N) is 5. The maximum atomic E-state index is 15.0. The van der Waals surface area contributed by atoms with Crippen LogP contribution in [0.25, 0.3) is 11.1 Å². The molecule has 14 heteroatoms. The summed E-state index contributed by atoms with van der Waals surface area (Å²) in [6.07, 6.45) is 2.57. The van der Waals surface area contributed by atoms with Crippen LogP contribution in [0.1, 0.15) is 11.4 Å². The monoisotopic (exact) mass is 500 g/mol. The first kappa shape index (κ1) is 23.3. The number of benzene rings is 1. The van der Waals surface area contributed by atoms with Gasteiger partial charge in [0.1, 0.15) is 18.2 Å². The van der Waals surface area contributed by atoms with Crippen molar-refractivity contribution in [2.75, 3.05) is 23.3 Å². The van der Waals surface area contributed by atoms with Gasteiger partial charge in [0, 0.05) is 37.0 Å². The maximum Gasteiger partial charge on any atom is 0.414 e. The Morgan fingerprint density at radius 3 is 2.69 bits per heavy atom. The number of carbonyl (C=O) groups excluding carboxylic acids is 1. The molecule has 1 aliphatic rings. The second-order valence-corrected chi connectivity index (χ2v) is 7.87. The van der Waals surface area contributed by atoms with Crippen molar-refractivity contribution in [2.45, 2.75) is 19.2 Å². The minimum Gasteiger partial charge on any atom is -0.442 e. The highest BCUT2D eigenvalue weighted by Crippen LogP contribution is 2.34. The van der Waals surface area contributed by atoms with E-state index in [4.69, 9.17) is 9.26 Å². The number of anilines is 2. The molecule has 5 rings (SSSR count). The molecule has 0 saturated carbocycles. The minimum absolute atomic E-state index is 0.0504. The third-order valence-corrected chi connectivity index (χ3v) is 5.44. The van der Waals surface area contributed by atoms with Gasteiger partial charge in [0.05, 0.1) is 41.9 Å². The van der Waals surface area contributed by atoms with E-state index in [2.05, 4.69) is 36.2 Å². The Balaban J connectivity index is 1.28. The molecule has 4 heterocycles. The molecule has 0 aliphatic carbocycles. The van der Waals surface area contributed by atoms with Gasteiger partial charge >= 0.3 is 6.09 Å². The van der Waals surface area contributed by atoms with E-state index < -0.39 is 40.9 Å². The third kappa shape index (κ3) is 4.84. The number of carbonyl (C=O) groups is 1. The van der Waals surface area contributed by atoms with Gasteiger partial charge in [0.25, 0.3) is 0 Å². The van der Waals surface area contributed by atoms with Gasteiger partial charge in [0.15, 0.2) is 17.5 Å². The zero-order valence-electron chi connectivity index (χ0n) is 18.5. The summed E-state index contributed by atoms with van der Waals surface area (Å²) in [6.45, 7) is 0.850. The normalized spacial score (nSPS) is 15.4. The van der Waals surface area contributed by atoms with Crippen molar-refractivity contribution in [1.29, 1.82) is 0 Å². The van der Waals surface area contributed by atoms with Crippen molar-refractivity contribution in [2.24, 2.45) is 0 Å². The molecule has 3 aromatic heterocycles. The fourth-order valence-corrected chi connectivity index (χ4v) is 3.70. The number of cyclic esters (lactones) is 1. The van der Waals surface area contributed by atoms with E-state index in [9.17, 15) is 18.0 Å². The molecule has 186 valence electrons. The molecule has 1 atom stereocenters. The molecule has 1 amide bonds. The molecular formula is C22H19F3N8O3. The molecular weight excluding hydrogens is 481 g/mol. The first-order chi connectivity index (χ1) is 17.5. The number of amides is 1. The number of nitrogens with one attached hydrogen (secondary N) is 3. The van der Waals surface area contributed by atoms with Gasteiger partial charge in [-0.3, -0.25) is 9.88 Å². The topological polar surface area (TPSA) is 134 Å². The highest BCUT2D eigenvalue weighted by Gasteiger charge is 2.36. The van der Waals surface area contributed by atoms with E-state index in [1.54, 1.807) is 18.3 Å². The Morgan fingerprint density at radius 1 is 1.11 bits per heavy atom. The second kappa shape index (κ2) is 10.0. The summed E-state index contributed by atoms with van der Waals surface area (Å²) in [6, 6.07) is 5.35. The van der Waals surface area contributed by atoms with Crippen molar-refractivity contribution in [1.82, 2.24) is 30.9 Å². The highest BCUT2D eigenvalue weighted by atomic mass is 19.2. The number of ether oxygens (including phenoxy) is 1. The van der Waals surface area contributed by atoms with Crippen molar-refractivity contribution in [3.05, 3.63) is 71.8 Å². The van der Waals surface area contributed by atoms with Gasteiger partial charge in [-0.05, 0) is 6.07 Å². The van der Waals surface area contributed by atoms with Crippen LogP contribution in [-0.4, -0.2) is 50.8 Å². The standard InChI is InChI=1S/C22H19F3N8O3/c23-16-5-17(33-11-15(36-22(33)34)10-28-18-3-4-35-31-18)20(24)21(25)19(16)12-1-2-13(27-6-12)7-26-8-14-9-29-32-30-14/h1-6,9,15,26H,7-8,10-11H2,(H,28,31)(H,29,30,32). The van der Waals surface area contributed by atoms with Crippen molar-refractivity contribution in [3.63, 3.8) is 0 Å². The molecule has 11 nitrogen and oxygen atoms in total. The molecule has 0 radical (unpaired) electrons. The summed E-state index contributed by atoms with van der Waals surface area (Å²) >= 11 is 0. The van der Waals surface area contributed by atoms with E-state index in [-0.39, 0.29) is 18.7 Å². The number of aromatic amines is 1. The average Bonchev–Trinajstić information content (AvgIpc) is 3.64. The van der Waals surface area contributed by atoms with E-state index >= 15 is 0 Å². The van der Waals surface area contributed by atoms with Crippen molar-refractivity contribution >= 4 is 17.6 Å². The van der Waals surface area contributed by atoms with Crippen LogP contribution in [0.3, 0.4) is 0 Å². The molecule has 3 N–H and O–H groups in total. The van der Waals surface area contributed by atoms with Gasteiger partial charge < -0.3 is 19.9 Å². The van der Waals surface area contributed by atoms with Crippen LogP contribution in [-0.2, 0) is 17.8 Å². The number of hydrogen-bond acceptors (Lipinski definition) is 9. The molecule has 1 fully saturated rings. The molecule has 0 spiro atoms. The number of aromatic nitrogens is 5. The Bertz CT molecular complexity index is 1330. The first-order valence-electron chi connectivity index (χ1n) is 10.8. The van der Waals surface area contributed by atoms with Crippen LogP contribution >= 0.6 is 0 Å². The van der Waals surface area contributed by atoms with Crippen LogP contribution in [0.2, 0.25) is 0 Å². The third-order valence-electron chi connectivity index (χ3n) is 5.44. The fraction of sp³-hybridized carbons (Fsp3) is 0.227. The number of halogens is 3. The zero-order chi connectivity index (χ0) is 25.1. The Labute approximate surface area is 201 Å². The molecule has 1 unspecified atom stereocenters. The van der Waals surface area contributed by atoms with Crippen molar-refractivity contribution in [3.8, 4) is 11.1 Å². The molecule has 1 aromatic carbocycles. The lowest BCUT2D eigenvalue weighted by Crippen LogP contribution is -2.28. The lowest BCUT2D eigenvalue weighted by molar-refractivity contribution is 0.147. The molecule has 0 bridgehead atoms. The SMILES string of the molecule is O=C1OC(CNc2ccon2)CN1c1cc(F)c(-c2ccc(CNCc3cn[nH]n3)nc2)c(F)c1F. The molecule has 1 aliphatic heterocycles. The number of hydrogen-bond donors (Lipinski definition) is 3. The predicted octanol–water partition coefficient (Wildman–Crippen LogP) is 3.00. The maximum absolute atomic E-state index is 15.0. The fourth-order valence-electron chi connectivity index (χ4n) is 3.70. The number of H-pyrrole nitrogens is 1. The van der Waals surface area contributed by atoms with E-state index in [1.165, 1.54) is 18.5 Å². The van der Waals surface area contributed by atoms with Gasteiger partial charge in [-0.1, -0.05) is 11.2 Å². The largest absolute Gasteiger partial charge is 0.442 e. The van der Waals surface area contributed by atoms with Gasteiger partial charge in [0.2, 0.25) is 0 Å². The quantitative estimate of drug-likeness (QED) is 0.297. The van der Waals surface area contributed by atoms with Crippen LogP contribution in [0.5, 0.6) is 0 Å². The van der Waals surface area contributed by atoms with Crippen molar-refractivity contribution < 1.29 is 27.2 Å². The average molecular weight is 500 g/mol. The molecule has 1 saturated heterocycles. The molecule has 36 heavy (non-hydrogen) atoms. The Kier molecular flexibility index (Phi) is 6.49. The summed E-state index contributed by atoms with van der Waals surface area (Å²) in [7, 11) is 0. The summed E-state index contributed by atoms with van der Waals surface area (Å²) in [5, 5.41) is 19.8. The van der Waals surface area contributed by atoms with Crippen LogP contribution in [0.4, 0.5) is 29.5 Å². The lowest BCUT2D eigenvalue weighted by atomic mass is 10.0. The van der Waals surface area contributed by atoms with E-state index in [0.29, 0.717) is 30.3 Å². The molecule has 4 aromatic rings. The van der Waals surface area contributed by atoms with Crippen LogP contribution < -0.4 is 15.5 Å². The van der Waals surface area contributed by atoms with Crippen LogP contribution in [0.15, 0.2) is 47.4 Å². The highest BCUT2D eigenvalue weighted by molar-refractivity contribution is 5.90. The Hall–Kier alpha value is -4.46. The van der Waals surface area contributed by atoms with Crippen LogP contribution in [0, 0.1) is 17.5 Å². The number of rotatable bonds is 9. The van der Waals surface area contributed by atoms with E-state index in [0.717, 1.165) is 11.0 Å². The summed E-state index contributed by atoms with van der Waals surface area (Å²) < 4.78 is 54.8. The first-order valence-corrected chi connectivity index (χ1v) is 10.8. The predicted molar refractivity (Wildman–Crippen MR) is 119 cm³/mol. The summed E-state index contributed by atoms with van der Waals surface area (Å²) in [5.74, 6) is -3.42.